The molecule has 1 heterocycles. The normalized spacial score (nSPS) is 10.5. The van der Waals surface area contributed by atoms with Gasteiger partial charge in [0.25, 0.3) is 5.56 Å². The van der Waals surface area contributed by atoms with Crippen LogP contribution in [0.1, 0.15) is 5.56 Å². The fourth-order valence-electron chi connectivity index (χ4n) is 1.68. The number of benzene rings is 1. The zero-order chi connectivity index (χ0) is 12.8. The number of nitrogens with zero attached hydrogens (tertiary/aromatic N) is 1. The van der Waals surface area contributed by atoms with Gasteiger partial charge < -0.3 is 9.88 Å². The van der Waals surface area contributed by atoms with Gasteiger partial charge >= 0.3 is 0 Å². The van der Waals surface area contributed by atoms with Crippen molar-refractivity contribution in [2.24, 2.45) is 0 Å². The average molecular weight is 263 g/mol. The van der Waals surface area contributed by atoms with Gasteiger partial charge in [0.2, 0.25) is 0 Å². The Morgan fingerprint density at radius 1 is 1.11 bits per heavy atom. The molecule has 4 heteroatoms. The van der Waals surface area contributed by atoms with Crippen LogP contribution in [0.2, 0.25) is 5.02 Å². The molecule has 94 valence electrons. The van der Waals surface area contributed by atoms with Gasteiger partial charge in [-0.1, -0.05) is 29.8 Å². The molecular weight excluding hydrogens is 248 g/mol. The number of rotatable bonds is 5. The lowest BCUT2D eigenvalue weighted by molar-refractivity contribution is 0.585. The molecule has 0 atom stereocenters. The summed E-state index contributed by atoms with van der Waals surface area (Å²) < 4.78 is 1.69. The van der Waals surface area contributed by atoms with Crippen molar-refractivity contribution in [3.63, 3.8) is 0 Å². The molecule has 0 unspecified atom stereocenters. The van der Waals surface area contributed by atoms with Crippen molar-refractivity contribution in [3.05, 3.63) is 69.6 Å². The Morgan fingerprint density at radius 2 is 1.89 bits per heavy atom. The Labute approximate surface area is 111 Å². The minimum Gasteiger partial charge on any atom is -0.314 e. The number of hydrogen-bond acceptors (Lipinski definition) is 2. The molecule has 0 saturated carbocycles. The van der Waals surface area contributed by atoms with Crippen molar-refractivity contribution in [1.82, 2.24) is 9.88 Å². The minimum absolute atomic E-state index is 0.0331. The molecule has 0 bridgehead atoms. The predicted octanol–water partition coefficient (Wildman–Crippen LogP) is 2.29. The molecule has 18 heavy (non-hydrogen) atoms. The summed E-state index contributed by atoms with van der Waals surface area (Å²) in [6.07, 6.45) is 1.80. The highest BCUT2D eigenvalue weighted by Gasteiger charge is 1.95. The van der Waals surface area contributed by atoms with E-state index in [4.69, 9.17) is 11.6 Å². The molecule has 0 amide bonds. The van der Waals surface area contributed by atoms with Crippen LogP contribution in [0.3, 0.4) is 0 Å². The van der Waals surface area contributed by atoms with Crippen LogP contribution in [0.5, 0.6) is 0 Å². The molecule has 1 N–H and O–H groups in total. The Balaban J connectivity index is 1.78. The molecule has 3 nitrogen and oxygen atoms in total. The van der Waals surface area contributed by atoms with Crippen LogP contribution in [0, 0.1) is 0 Å². The summed E-state index contributed by atoms with van der Waals surface area (Å²) in [5, 5.41) is 4.04. The molecule has 0 saturated heterocycles. The van der Waals surface area contributed by atoms with Crippen molar-refractivity contribution in [1.29, 1.82) is 0 Å². The molecule has 1 aromatic heterocycles. The van der Waals surface area contributed by atoms with E-state index in [9.17, 15) is 4.79 Å². The second-order valence-electron chi connectivity index (χ2n) is 4.04. The van der Waals surface area contributed by atoms with E-state index in [0.29, 0.717) is 6.54 Å². The zero-order valence-corrected chi connectivity index (χ0v) is 10.7. The molecule has 0 fully saturated rings. The van der Waals surface area contributed by atoms with E-state index < -0.39 is 0 Å². The summed E-state index contributed by atoms with van der Waals surface area (Å²) >= 11 is 5.81. The first-order valence-electron chi connectivity index (χ1n) is 5.86. The fraction of sp³-hybridized carbons (Fsp3) is 0.214. The topological polar surface area (TPSA) is 34.0 Å². The van der Waals surface area contributed by atoms with Gasteiger partial charge in [-0.05, 0) is 23.8 Å². The molecule has 0 aliphatic rings. The van der Waals surface area contributed by atoms with Crippen molar-refractivity contribution in [2.75, 3.05) is 6.54 Å². The minimum atomic E-state index is 0.0331. The van der Waals surface area contributed by atoms with Gasteiger partial charge in [-0.2, -0.15) is 0 Å². The number of aromatic nitrogens is 1. The second-order valence-corrected chi connectivity index (χ2v) is 4.47. The van der Waals surface area contributed by atoms with E-state index in [2.05, 4.69) is 5.32 Å². The highest BCUT2D eigenvalue weighted by molar-refractivity contribution is 6.30. The smallest absolute Gasteiger partial charge is 0.250 e. The lowest BCUT2D eigenvalue weighted by atomic mass is 10.2. The van der Waals surface area contributed by atoms with Crippen molar-refractivity contribution < 1.29 is 0 Å². The van der Waals surface area contributed by atoms with Gasteiger partial charge in [0.15, 0.2) is 0 Å². The molecule has 1 aromatic carbocycles. The summed E-state index contributed by atoms with van der Waals surface area (Å²) in [5.74, 6) is 0. The summed E-state index contributed by atoms with van der Waals surface area (Å²) in [6, 6.07) is 12.9. The molecular formula is C14H15ClN2O. The first kappa shape index (κ1) is 12.9. The summed E-state index contributed by atoms with van der Waals surface area (Å²) in [5.41, 5.74) is 1.21. The lowest BCUT2D eigenvalue weighted by Crippen LogP contribution is -2.25. The third-order valence-corrected chi connectivity index (χ3v) is 2.92. The maximum Gasteiger partial charge on any atom is 0.250 e. The third kappa shape index (κ3) is 3.72. The largest absolute Gasteiger partial charge is 0.314 e. The molecule has 0 aliphatic heterocycles. The Bertz CT molecular complexity index is 548. The highest BCUT2D eigenvalue weighted by Crippen LogP contribution is 2.08. The van der Waals surface area contributed by atoms with Crippen LogP contribution in [0.4, 0.5) is 0 Å². The van der Waals surface area contributed by atoms with Crippen LogP contribution in [-0.4, -0.2) is 11.1 Å². The standard InChI is InChI=1S/C14H15ClN2O/c15-13-6-4-12(5-7-13)11-16-8-10-17-9-2-1-3-14(17)18/h1-7,9,16H,8,10-11H2. The highest BCUT2D eigenvalue weighted by atomic mass is 35.5. The SMILES string of the molecule is O=c1ccccn1CCNCc1ccc(Cl)cc1. The van der Waals surface area contributed by atoms with Gasteiger partial charge in [0.05, 0.1) is 0 Å². The van der Waals surface area contributed by atoms with Crippen LogP contribution in [0.25, 0.3) is 0 Å². The quantitative estimate of drug-likeness (QED) is 0.839. The number of pyridine rings is 1. The number of halogens is 1. The van der Waals surface area contributed by atoms with E-state index in [1.807, 2.05) is 30.3 Å². The van der Waals surface area contributed by atoms with Gasteiger partial charge in [0.1, 0.15) is 0 Å². The van der Waals surface area contributed by atoms with Crippen molar-refractivity contribution in [3.8, 4) is 0 Å². The second kappa shape index (κ2) is 6.38. The average Bonchev–Trinajstić information content (AvgIpc) is 2.39. The molecule has 0 radical (unpaired) electrons. The van der Waals surface area contributed by atoms with E-state index in [1.165, 1.54) is 5.56 Å². The van der Waals surface area contributed by atoms with Crippen molar-refractivity contribution >= 4 is 11.6 Å². The van der Waals surface area contributed by atoms with E-state index >= 15 is 0 Å². The molecule has 0 aliphatic carbocycles. The molecule has 2 rings (SSSR count). The van der Waals surface area contributed by atoms with E-state index in [-0.39, 0.29) is 5.56 Å². The van der Waals surface area contributed by atoms with Gasteiger partial charge in [-0.3, -0.25) is 4.79 Å². The molecule has 0 spiro atoms. The van der Waals surface area contributed by atoms with Crippen LogP contribution in [0.15, 0.2) is 53.5 Å². The Hall–Kier alpha value is -1.58. The predicted molar refractivity (Wildman–Crippen MR) is 73.9 cm³/mol. The van der Waals surface area contributed by atoms with Gasteiger partial charge in [0, 0.05) is 36.9 Å². The Morgan fingerprint density at radius 3 is 2.61 bits per heavy atom. The third-order valence-electron chi connectivity index (χ3n) is 2.67. The van der Waals surface area contributed by atoms with Crippen LogP contribution in [-0.2, 0) is 13.1 Å². The summed E-state index contributed by atoms with van der Waals surface area (Å²) in [6.45, 7) is 2.21. The molecule has 2 aromatic rings. The number of hydrogen-bond donors (Lipinski definition) is 1. The van der Waals surface area contributed by atoms with Gasteiger partial charge in [-0.25, -0.2) is 0 Å². The van der Waals surface area contributed by atoms with Crippen LogP contribution < -0.4 is 10.9 Å². The summed E-state index contributed by atoms with van der Waals surface area (Å²) in [4.78, 5) is 11.4. The van der Waals surface area contributed by atoms with E-state index in [0.717, 1.165) is 18.1 Å². The van der Waals surface area contributed by atoms with Crippen LogP contribution >= 0.6 is 11.6 Å². The van der Waals surface area contributed by atoms with E-state index in [1.54, 1.807) is 22.9 Å². The lowest BCUT2D eigenvalue weighted by Gasteiger charge is -2.07. The summed E-state index contributed by atoms with van der Waals surface area (Å²) in [7, 11) is 0. The number of nitrogens with one attached hydrogen (secondary N) is 1. The zero-order valence-electron chi connectivity index (χ0n) is 9.97. The Kier molecular flexibility index (Phi) is 4.56. The van der Waals surface area contributed by atoms with Crippen molar-refractivity contribution in [2.45, 2.75) is 13.1 Å². The first-order chi connectivity index (χ1) is 8.75. The maximum atomic E-state index is 11.4. The maximum absolute atomic E-state index is 11.4. The fourth-order valence-corrected chi connectivity index (χ4v) is 1.81. The van der Waals surface area contributed by atoms with Gasteiger partial charge in [-0.15, -0.1) is 0 Å². The first-order valence-corrected chi connectivity index (χ1v) is 6.24. The monoisotopic (exact) mass is 262 g/mol.